The van der Waals surface area contributed by atoms with Gasteiger partial charge in [-0.05, 0) is 69.2 Å². The average molecular weight is 720 g/mol. The van der Waals surface area contributed by atoms with Crippen molar-refractivity contribution >= 4 is 33.7 Å². The van der Waals surface area contributed by atoms with Gasteiger partial charge < -0.3 is 10.1 Å². The third kappa shape index (κ3) is 7.09. The Morgan fingerprint density at radius 3 is 2.29 bits per heavy atom. The van der Waals surface area contributed by atoms with Gasteiger partial charge in [0.1, 0.15) is 23.0 Å². The molecule has 0 spiro atoms. The van der Waals surface area contributed by atoms with E-state index in [9.17, 15) is 28.1 Å². The molecule has 1 fully saturated rings. The van der Waals surface area contributed by atoms with Gasteiger partial charge in [-0.25, -0.2) is 17.8 Å². The van der Waals surface area contributed by atoms with Crippen molar-refractivity contribution in [2.24, 2.45) is 13.0 Å². The van der Waals surface area contributed by atoms with Crippen LogP contribution in [0.3, 0.4) is 0 Å². The number of piperidine rings is 1. The molecule has 266 valence electrons. The van der Waals surface area contributed by atoms with Gasteiger partial charge in [0.05, 0.1) is 34.5 Å². The van der Waals surface area contributed by atoms with E-state index in [1.165, 1.54) is 27.2 Å². The molecule has 0 unspecified atom stereocenters. The third-order valence-electron chi connectivity index (χ3n) is 9.04. The summed E-state index contributed by atoms with van der Waals surface area (Å²) < 4.78 is 38.7. The van der Waals surface area contributed by atoms with Gasteiger partial charge in [0, 0.05) is 37.5 Å². The van der Waals surface area contributed by atoms with E-state index in [-0.39, 0.29) is 47.7 Å². The molecule has 1 aliphatic heterocycles. The summed E-state index contributed by atoms with van der Waals surface area (Å²) in [4.78, 5) is 39.3. The number of para-hydroxylation sites is 2. The highest BCUT2D eigenvalue weighted by Crippen LogP contribution is 2.30. The van der Waals surface area contributed by atoms with Crippen LogP contribution in [0, 0.1) is 24.2 Å². The van der Waals surface area contributed by atoms with E-state index >= 15 is 0 Å². The zero-order valence-corrected chi connectivity index (χ0v) is 29.7. The molecule has 1 aliphatic rings. The molecule has 0 saturated carbocycles. The highest BCUT2D eigenvalue weighted by Gasteiger charge is 2.33. The minimum Gasteiger partial charge on any atom is -0.466 e. The number of ether oxygens (including phenoxy) is 1. The van der Waals surface area contributed by atoms with Crippen molar-refractivity contribution in [2.75, 3.05) is 25.0 Å². The normalized spacial score (nSPS) is 14.2. The second kappa shape index (κ2) is 15.1. The molecule has 3 aromatic carbocycles. The molecule has 52 heavy (non-hydrogen) atoms. The smallest absolute Gasteiger partial charge is 0.309 e. The Bertz CT molecular complexity index is 2360. The molecular weight excluding hydrogens is 683 g/mol. The molecule has 0 atom stereocenters. The average Bonchev–Trinajstić information content (AvgIpc) is 3.68. The van der Waals surface area contributed by atoms with Crippen LogP contribution < -0.4 is 10.9 Å². The Balaban J connectivity index is 1.34. The van der Waals surface area contributed by atoms with Crippen molar-refractivity contribution in [3.63, 3.8) is 0 Å². The number of esters is 1. The van der Waals surface area contributed by atoms with Gasteiger partial charge >= 0.3 is 5.97 Å². The highest BCUT2D eigenvalue weighted by molar-refractivity contribution is 7.89. The van der Waals surface area contributed by atoms with Crippen LogP contribution in [0.5, 0.6) is 0 Å². The Labute approximate surface area is 301 Å². The largest absolute Gasteiger partial charge is 0.466 e. The lowest BCUT2D eigenvalue weighted by Crippen LogP contribution is -2.40. The molecular formula is C38H37N7O6S. The van der Waals surface area contributed by atoms with E-state index in [0.717, 1.165) is 0 Å². The summed E-state index contributed by atoms with van der Waals surface area (Å²) >= 11 is 0. The van der Waals surface area contributed by atoms with Crippen LogP contribution in [-0.4, -0.2) is 63.4 Å². The lowest BCUT2D eigenvalue weighted by atomic mass is 9.98. The number of nitriles is 1. The fraction of sp³-hybridized carbons (Fsp3) is 0.237. The summed E-state index contributed by atoms with van der Waals surface area (Å²) in [5, 5.41) is 17.6. The zero-order valence-electron chi connectivity index (χ0n) is 28.9. The number of aromatic nitrogens is 4. The molecule has 14 heteroatoms. The molecule has 0 aliphatic carbocycles. The monoisotopic (exact) mass is 719 g/mol. The number of anilines is 1. The van der Waals surface area contributed by atoms with E-state index in [1.54, 1.807) is 72.9 Å². The Kier molecular flexibility index (Phi) is 10.4. The molecule has 1 amide bonds. The van der Waals surface area contributed by atoms with Crippen LogP contribution >= 0.6 is 0 Å². The number of hydrogen-bond donors (Lipinski definition) is 1. The van der Waals surface area contributed by atoms with Crippen molar-refractivity contribution in [1.29, 1.82) is 5.26 Å². The highest BCUT2D eigenvalue weighted by atomic mass is 32.2. The number of rotatable bonds is 10. The quantitative estimate of drug-likeness (QED) is 0.122. The fourth-order valence-corrected chi connectivity index (χ4v) is 7.69. The Morgan fingerprint density at radius 1 is 1.00 bits per heavy atom. The van der Waals surface area contributed by atoms with Crippen molar-refractivity contribution < 1.29 is 22.7 Å². The second-order valence-corrected chi connectivity index (χ2v) is 14.2. The first kappa shape index (κ1) is 35.8. The molecule has 6 rings (SSSR count). The van der Waals surface area contributed by atoms with E-state index < -0.39 is 21.5 Å². The summed E-state index contributed by atoms with van der Waals surface area (Å²) in [5.41, 5.74) is 2.19. The summed E-state index contributed by atoms with van der Waals surface area (Å²) in [6.45, 7) is 4.04. The molecule has 0 bridgehead atoms. The summed E-state index contributed by atoms with van der Waals surface area (Å²) in [5.74, 6) is -1.46. The molecule has 5 aromatic rings. The standard InChI is InChI=1S/C38H37N7O6S/c1-4-51-38(48)27-18-20-43(21-19-27)52(49,50)33-17-11-12-28(23-33)35-30(25-44(41-35)31-13-7-5-8-14-31)22-29(24-39)36(46)40-34-26(2)42(3)45(37(34)47)32-15-9-6-10-16-32/h5-17,22-23,25,27H,4,18-21H2,1-3H3,(H,40,46)/b29-22-. The number of amides is 1. The van der Waals surface area contributed by atoms with E-state index in [2.05, 4.69) is 5.32 Å². The maximum Gasteiger partial charge on any atom is 0.309 e. The summed E-state index contributed by atoms with van der Waals surface area (Å²) in [6.07, 6.45) is 3.73. The topological polar surface area (TPSA) is 161 Å². The predicted molar refractivity (Wildman–Crippen MR) is 195 cm³/mol. The van der Waals surface area contributed by atoms with E-state index in [0.29, 0.717) is 46.7 Å². The minimum atomic E-state index is -3.94. The number of sulfonamides is 1. The maximum absolute atomic E-state index is 13.8. The van der Waals surface area contributed by atoms with Crippen LogP contribution in [0.1, 0.15) is 31.0 Å². The van der Waals surface area contributed by atoms with Gasteiger partial charge in [0.15, 0.2) is 0 Å². The third-order valence-corrected chi connectivity index (χ3v) is 10.9. The SMILES string of the molecule is CCOC(=O)C1CCN(S(=O)(=O)c2cccc(-c3nn(-c4ccccc4)cc3/C=C(/C#N)C(=O)Nc3c(C)n(C)n(-c4ccccc4)c3=O)c2)CC1. The first-order valence-electron chi connectivity index (χ1n) is 16.7. The van der Waals surface area contributed by atoms with Crippen LogP contribution in [0.15, 0.2) is 106 Å². The van der Waals surface area contributed by atoms with Gasteiger partial charge in [-0.1, -0.05) is 48.5 Å². The predicted octanol–water partition coefficient (Wildman–Crippen LogP) is 4.85. The van der Waals surface area contributed by atoms with Crippen LogP contribution in [0.2, 0.25) is 0 Å². The van der Waals surface area contributed by atoms with Gasteiger partial charge in [-0.3, -0.25) is 19.1 Å². The van der Waals surface area contributed by atoms with Crippen molar-refractivity contribution in [1.82, 2.24) is 23.4 Å². The molecule has 3 heterocycles. The maximum atomic E-state index is 13.8. The lowest BCUT2D eigenvalue weighted by Gasteiger charge is -2.30. The number of nitrogens with zero attached hydrogens (tertiary/aromatic N) is 6. The Morgan fingerprint density at radius 2 is 1.65 bits per heavy atom. The van der Waals surface area contributed by atoms with E-state index in [4.69, 9.17) is 9.84 Å². The molecule has 0 radical (unpaired) electrons. The van der Waals surface area contributed by atoms with Gasteiger partial charge in [-0.2, -0.15) is 14.7 Å². The molecule has 1 saturated heterocycles. The molecule has 1 N–H and O–H groups in total. The second-order valence-electron chi connectivity index (χ2n) is 12.2. The fourth-order valence-electron chi connectivity index (χ4n) is 6.17. The van der Waals surface area contributed by atoms with Crippen molar-refractivity contribution in [2.45, 2.75) is 31.6 Å². The summed E-state index contributed by atoms with van der Waals surface area (Å²) in [6, 6.07) is 26.4. The van der Waals surface area contributed by atoms with Gasteiger partial charge in [0.25, 0.3) is 11.5 Å². The zero-order chi connectivity index (χ0) is 37.0. The first-order valence-corrected chi connectivity index (χ1v) is 18.2. The number of carbonyl (C=O) groups excluding carboxylic acids is 2. The minimum absolute atomic E-state index is 0.0295. The molecule has 13 nitrogen and oxygen atoms in total. The number of hydrogen-bond acceptors (Lipinski definition) is 8. The van der Waals surface area contributed by atoms with Crippen molar-refractivity contribution in [3.05, 3.63) is 118 Å². The van der Waals surface area contributed by atoms with Crippen LogP contribution in [0.25, 0.3) is 28.7 Å². The number of benzene rings is 3. The van der Waals surface area contributed by atoms with Crippen LogP contribution in [-0.2, 0) is 31.4 Å². The number of carbonyl (C=O) groups is 2. The van der Waals surface area contributed by atoms with Gasteiger partial charge in [-0.15, -0.1) is 0 Å². The summed E-state index contributed by atoms with van der Waals surface area (Å²) in [7, 11) is -2.24. The number of nitrogens with one attached hydrogen (secondary N) is 1. The lowest BCUT2D eigenvalue weighted by molar-refractivity contribution is -0.149. The Hall–Kier alpha value is -6.04. The first-order chi connectivity index (χ1) is 25.0. The van der Waals surface area contributed by atoms with Gasteiger partial charge in [0.2, 0.25) is 10.0 Å². The van der Waals surface area contributed by atoms with Crippen molar-refractivity contribution in [3.8, 4) is 28.7 Å². The van der Waals surface area contributed by atoms with E-state index in [1.807, 2.05) is 42.5 Å². The molecule has 2 aromatic heterocycles. The van der Waals surface area contributed by atoms with Crippen LogP contribution in [0.4, 0.5) is 5.69 Å².